The minimum atomic E-state index is -1.52. The highest BCUT2D eigenvalue weighted by molar-refractivity contribution is 7.14. The number of carboxylic acid groups (broad SMARTS) is 1. The van der Waals surface area contributed by atoms with Gasteiger partial charge in [-0.2, -0.15) is 0 Å². The fourth-order valence-electron chi connectivity index (χ4n) is 9.63. The van der Waals surface area contributed by atoms with Gasteiger partial charge in [-0.05, 0) is 94.7 Å². The monoisotopic (exact) mass is 871 g/mol. The molecule has 17 heteroatoms. The minimum absolute atomic E-state index is 0.00669. The number of hydrogen-bond acceptors (Lipinski definition) is 12. The van der Waals surface area contributed by atoms with Gasteiger partial charge in [-0.3, -0.25) is 14.9 Å². The van der Waals surface area contributed by atoms with E-state index in [-0.39, 0.29) is 37.5 Å². The summed E-state index contributed by atoms with van der Waals surface area (Å²) in [6.07, 6.45) is 11.1. The van der Waals surface area contributed by atoms with Crippen LogP contribution in [0.25, 0.3) is 22.3 Å². The highest BCUT2D eigenvalue weighted by Gasteiger charge is 2.61. The molecular formula is C45H57N7O9S. The van der Waals surface area contributed by atoms with Gasteiger partial charge in [0.1, 0.15) is 47.4 Å². The third kappa shape index (κ3) is 9.47. The average molecular weight is 872 g/mol. The molecule has 3 aromatic rings. The van der Waals surface area contributed by atoms with Crippen LogP contribution in [0.2, 0.25) is 0 Å². The van der Waals surface area contributed by atoms with Crippen molar-refractivity contribution in [2.45, 2.75) is 132 Å². The Morgan fingerprint density at radius 1 is 0.903 bits per heavy atom. The number of carbonyl (C=O) groups excluding carboxylic acids is 4. The normalized spacial score (nSPS) is 24.6. The predicted octanol–water partition coefficient (Wildman–Crippen LogP) is 7.03. The lowest BCUT2D eigenvalue weighted by atomic mass is 9.83. The lowest BCUT2D eigenvalue weighted by molar-refractivity contribution is -0.146. The van der Waals surface area contributed by atoms with Crippen molar-refractivity contribution < 1.29 is 43.3 Å². The van der Waals surface area contributed by atoms with Crippen LogP contribution in [-0.2, 0) is 23.9 Å². The van der Waals surface area contributed by atoms with Gasteiger partial charge in [0.2, 0.25) is 11.8 Å². The van der Waals surface area contributed by atoms with Crippen LogP contribution < -0.4 is 25.6 Å². The Bertz CT molecular complexity index is 2180. The van der Waals surface area contributed by atoms with Gasteiger partial charge in [0.15, 0.2) is 5.13 Å². The molecule has 1 aromatic carbocycles. The quantitative estimate of drug-likeness (QED) is 0.121. The summed E-state index contributed by atoms with van der Waals surface area (Å²) in [7, 11) is 3.86. The molecule has 4 aliphatic carbocycles. The van der Waals surface area contributed by atoms with E-state index in [0.717, 1.165) is 89.2 Å². The van der Waals surface area contributed by atoms with Gasteiger partial charge in [-0.15, -0.1) is 17.9 Å². The molecule has 5 aliphatic rings. The highest BCUT2D eigenvalue weighted by atomic mass is 32.1. The molecule has 332 valence electrons. The number of amides is 4. The highest BCUT2D eigenvalue weighted by Crippen LogP contribution is 2.45. The standard InChI is InChI=1S/C45H57N7O9S/c1-4-27-23-45(27,41(55)56)50-39(53)36-21-31(24-52(36)40(54)38(26-12-6-5-7-13-26)48-43(57)60-29-14-8-9-15-29)59-37-22-34(46-33-20-28(51(2)3)18-19-32(33)37)35-25-62-42(47-35)49-44(58)61-30-16-10-11-17-30/h4,18-20,22,25-27,29-31,36,38H,1,5-17,21,23-24H2,2-3H3,(H,48,57)(H,50,53)(H,55,56)(H,47,49,58)/t27-,31-,36+,38+,45-/m1/s1. The number of nitrogens with one attached hydrogen (secondary N) is 3. The predicted molar refractivity (Wildman–Crippen MR) is 233 cm³/mol. The second kappa shape index (κ2) is 18.5. The van der Waals surface area contributed by atoms with Crippen LogP contribution in [-0.4, -0.2) is 107 Å². The fourth-order valence-corrected chi connectivity index (χ4v) is 10.3. The molecule has 0 unspecified atom stereocenters. The topological polar surface area (TPSA) is 202 Å². The first-order chi connectivity index (χ1) is 29.9. The van der Waals surface area contributed by atoms with Gasteiger partial charge in [0.25, 0.3) is 0 Å². The molecule has 0 radical (unpaired) electrons. The smallest absolute Gasteiger partial charge is 0.413 e. The summed E-state index contributed by atoms with van der Waals surface area (Å²) in [5, 5.41) is 21.5. The Hall–Kier alpha value is -5.45. The Morgan fingerprint density at radius 2 is 1.58 bits per heavy atom. The number of ether oxygens (including phenoxy) is 3. The molecule has 62 heavy (non-hydrogen) atoms. The van der Waals surface area contributed by atoms with Crippen LogP contribution in [0.5, 0.6) is 5.75 Å². The summed E-state index contributed by atoms with van der Waals surface area (Å²) < 4.78 is 18.1. The van der Waals surface area contributed by atoms with Crippen LogP contribution in [0.3, 0.4) is 0 Å². The largest absolute Gasteiger partial charge is 0.488 e. The number of rotatable bonds is 14. The third-order valence-electron chi connectivity index (χ3n) is 13.2. The zero-order valence-electron chi connectivity index (χ0n) is 35.4. The van der Waals surface area contributed by atoms with E-state index in [9.17, 15) is 29.1 Å². The molecule has 1 aliphatic heterocycles. The Kier molecular flexibility index (Phi) is 12.9. The van der Waals surface area contributed by atoms with Crippen LogP contribution in [0, 0.1) is 11.8 Å². The lowest BCUT2D eigenvalue weighted by Gasteiger charge is -2.34. The molecule has 4 amide bonds. The zero-order valence-corrected chi connectivity index (χ0v) is 36.3. The number of anilines is 2. The molecule has 5 atom stereocenters. The van der Waals surface area contributed by atoms with Gasteiger partial charge in [-0.25, -0.2) is 24.4 Å². The first kappa shape index (κ1) is 43.2. The van der Waals surface area contributed by atoms with Crippen LogP contribution in [0.15, 0.2) is 42.3 Å². The van der Waals surface area contributed by atoms with E-state index in [1.807, 2.05) is 37.2 Å². The van der Waals surface area contributed by atoms with E-state index in [2.05, 4.69) is 27.5 Å². The van der Waals surface area contributed by atoms with Crippen molar-refractivity contribution >= 4 is 63.0 Å². The van der Waals surface area contributed by atoms with Gasteiger partial charge in [0, 0.05) is 49.0 Å². The maximum absolute atomic E-state index is 14.9. The molecular weight excluding hydrogens is 815 g/mol. The Morgan fingerprint density at radius 3 is 2.23 bits per heavy atom. The third-order valence-corrected chi connectivity index (χ3v) is 14.0. The number of nitrogens with zero attached hydrogens (tertiary/aromatic N) is 4. The molecule has 4 saturated carbocycles. The summed E-state index contributed by atoms with van der Waals surface area (Å²) in [6.45, 7) is 3.75. The first-order valence-corrected chi connectivity index (χ1v) is 23.0. The second-order valence-corrected chi connectivity index (χ2v) is 18.6. The number of carboxylic acids is 1. The number of carbonyl (C=O) groups is 5. The summed E-state index contributed by atoms with van der Waals surface area (Å²) in [4.78, 5) is 80.8. The van der Waals surface area contributed by atoms with Gasteiger partial charge >= 0.3 is 18.2 Å². The average Bonchev–Trinajstić information content (AvgIpc) is 3.89. The number of hydrogen-bond donors (Lipinski definition) is 4. The van der Waals surface area contributed by atoms with E-state index in [0.29, 0.717) is 33.2 Å². The molecule has 0 spiro atoms. The molecule has 2 aromatic heterocycles. The number of aliphatic carboxylic acids is 1. The lowest BCUT2D eigenvalue weighted by Crippen LogP contribution is -2.58. The van der Waals surface area contributed by atoms with Crippen molar-refractivity contribution in [3.63, 3.8) is 0 Å². The first-order valence-electron chi connectivity index (χ1n) is 22.1. The number of alkyl carbamates (subject to hydrolysis) is 1. The van der Waals surface area contributed by atoms with Crippen molar-refractivity contribution in [2.24, 2.45) is 11.8 Å². The zero-order chi connectivity index (χ0) is 43.5. The molecule has 0 bridgehead atoms. The molecule has 8 rings (SSSR count). The molecule has 4 N–H and O–H groups in total. The number of likely N-dealkylation sites (tertiary alicyclic amines) is 1. The van der Waals surface area contributed by atoms with Crippen molar-refractivity contribution in [1.29, 1.82) is 0 Å². The van der Waals surface area contributed by atoms with Crippen LogP contribution >= 0.6 is 11.3 Å². The summed E-state index contributed by atoms with van der Waals surface area (Å²) in [5.74, 6) is -2.41. The number of benzene rings is 1. The summed E-state index contributed by atoms with van der Waals surface area (Å²) >= 11 is 1.24. The molecule has 5 fully saturated rings. The summed E-state index contributed by atoms with van der Waals surface area (Å²) in [6, 6.07) is 5.49. The number of fused-ring (bicyclic) bond motifs is 1. The van der Waals surface area contributed by atoms with Crippen molar-refractivity contribution in [3.8, 4) is 17.1 Å². The number of pyridine rings is 1. The van der Waals surface area contributed by atoms with Crippen LogP contribution in [0.1, 0.15) is 96.3 Å². The van der Waals surface area contributed by atoms with Gasteiger partial charge in [-0.1, -0.05) is 25.3 Å². The maximum atomic E-state index is 14.9. The van der Waals surface area contributed by atoms with E-state index in [1.54, 1.807) is 11.4 Å². The Balaban J connectivity index is 1.09. The van der Waals surface area contributed by atoms with Crippen LogP contribution in [0.4, 0.5) is 20.4 Å². The van der Waals surface area contributed by atoms with Gasteiger partial charge in [0.05, 0.1) is 17.8 Å². The van der Waals surface area contributed by atoms with E-state index < -0.39 is 59.6 Å². The molecule has 1 saturated heterocycles. The fraction of sp³-hybridized carbons (Fsp3) is 0.578. The van der Waals surface area contributed by atoms with Crippen molar-refractivity contribution in [3.05, 3.63) is 42.3 Å². The molecule has 16 nitrogen and oxygen atoms in total. The van der Waals surface area contributed by atoms with Crippen molar-refractivity contribution in [1.82, 2.24) is 25.5 Å². The maximum Gasteiger partial charge on any atom is 0.413 e. The van der Waals surface area contributed by atoms with Crippen molar-refractivity contribution in [2.75, 3.05) is 30.9 Å². The number of thiazole rings is 1. The van der Waals surface area contributed by atoms with E-state index in [4.69, 9.17) is 19.2 Å². The number of aromatic nitrogens is 2. The SMILES string of the molecule is C=C[C@@H]1C[C@]1(NC(=O)[C@@H]1C[C@@H](Oc2cc(-c3csc(NC(=O)OC4CCCC4)n3)nc3cc(N(C)C)ccc23)CN1C(=O)[C@@H](NC(=O)OC1CCCC1)C1CCCCC1)C(=O)O. The Labute approximate surface area is 365 Å². The van der Waals surface area contributed by atoms with Gasteiger partial charge < -0.3 is 39.8 Å². The second-order valence-electron chi connectivity index (χ2n) is 17.7. The summed E-state index contributed by atoms with van der Waals surface area (Å²) in [5.41, 5.74) is 0.970. The van der Waals surface area contributed by atoms with E-state index >= 15 is 0 Å². The van der Waals surface area contributed by atoms with E-state index in [1.165, 1.54) is 22.3 Å². The minimum Gasteiger partial charge on any atom is -0.488 e. The molecule has 3 heterocycles.